The lowest BCUT2D eigenvalue weighted by molar-refractivity contribution is -0.153. The van der Waals surface area contributed by atoms with E-state index in [1.807, 2.05) is 51.1 Å². The third kappa shape index (κ3) is 7.38. The highest BCUT2D eigenvalue weighted by Gasteiger charge is 2.30. The number of ketones is 1. The summed E-state index contributed by atoms with van der Waals surface area (Å²) in [7, 11) is 0. The molecule has 36 heavy (non-hydrogen) atoms. The van der Waals surface area contributed by atoms with E-state index in [-0.39, 0.29) is 23.5 Å². The van der Waals surface area contributed by atoms with Crippen LogP contribution >= 0.6 is 0 Å². The maximum absolute atomic E-state index is 12.8. The molecular formula is C29H34N2O5. The number of rotatable bonds is 7. The average molecular weight is 491 g/mol. The molecule has 190 valence electrons. The minimum atomic E-state index is -0.930. The van der Waals surface area contributed by atoms with Crippen molar-refractivity contribution in [2.24, 2.45) is 11.3 Å². The van der Waals surface area contributed by atoms with Gasteiger partial charge in [-0.1, -0.05) is 51.1 Å². The van der Waals surface area contributed by atoms with E-state index in [0.717, 1.165) is 5.56 Å². The number of piperidine rings is 1. The molecular weight excluding hydrogens is 456 g/mol. The van der Waals surface area contributed by atoms with E-state index in [9.17, 15) is 19.2 Å². The Labute approximate surface area is 212 Å². The molecule has 2 aromatic carbocycles. The molecule has 3 rings (SSSR count). The molecule has 1 N–H and O–H groups in total. The van der Waals surface area contributed by atoms with Gasteiger partial charge in [0.1, 0.15) is 0 Å². The number of carbonyl (C=O) groups is 4. The largest absolute Gasteiger partial charge is 0.454 e. The topological polar surface area (TPSA) is 92.8 Å². The molecule has 7 heteroatoms. The van der Waals surface area contributed by atoms with Crippen molar-refractivity contribution in [1.82, 2.24) is 4.90 Å². The quantitative estimate of drug-likeness (QED) is 0.344. The van der Waals surface area contributed by atoms with Gasteiger partial charge >= 0.3 is 5.97 Å². The number of benzene rings is 2. The highest BCUT2D eigenvalue weighted by Crippen LogP contribution is 2.22. The van der Waals surface area contributed by atoms with Gasteiger partial charge < -0.3 is 15.0 Å². The second-order valence-corrected chi connectivity index (χ2v) is 10.1. The predicted octanol–water partition coefficient (Wildman–Crippen LogP) is 4.74. The van der Waals surface area contributed by atoms with E-state index in [1.165, 1.54) is 0 Å². The van der Waals surface area contributed by atoms with Crippen molar-refractivity contribution < 1.29 is 23.9 Å². The lowest BCUT2D eigenvalue weighted by atomic mass is 9.95. The molecule has 7 nitrogen and oxygen atoms in total. The summed E-state index contributed by atoms with van der Waals surface area (Å²) in [5.41, 5.74) is 1.41. The Bertz CT molecular complexity index is 1110. The van der Waals surface area contributed by atoms with Gasteiger partial charge in [-0.05, 0) is 55.7 Å². The van der Waals surface area contributed by atoms with Crippen LogP contribution in [0.25, 0.3) is 6.08 Å². The minimum Gasteiger partial charge on any atom is -0.454 e. The number of Topliss-reactive ketones (excluding diaryl/α,β-unsaturated/α-hetero) is 1. The van der Waals surface area contributed by atoms with Gasteiger partial charge in [0, 0.05) is 35.8 Å². The van der Waals surface area contributed by atoms with E-state index in [0.29, 0.717) is 37.2 Å². The van der Waals surface area contributed by atoms with E-state index in [2.05, 4.69) is 5.32 Å². The summed E-state index contributed by atoms with van der Waals surface area (Å²) in [4.78, 5) is 51.7. The molecule has 0 bridgehead atoms. The Kier molecular flexibility index (Phi) is 8.80. The molecule has 1 heterocycles. The maximum atomic E-state index is 12.8. The fourth-order valence-corrected chi connectivity index (χ4v) is 3.77. The molecule has 1 atom stereocenters. The van der Waals surface area contributed by atoms with E-state index in [1.54, 1.807) is 48.2 Å². The zero-order valence-electron chi connectivity index (χ0n) is 21.3. The fraction of sp³-hybridized carbons (Fsp3) is 0.379. The number of ether oxygens (including phenoxy) is 1. The summed E-state index contributed by atoms with van der Waals surface area (Å²) in [6.45, 7) is 7.94. The molecule has 1 saturated heterocycles. The number of likely N-dealkylation sites (tertiary alicyclic amines) is 1. The van der Waals surface area contributed by atoms with Gasteiger partial charge in [-0.3, -0.25) is 19.2 Å². The van der Waals surface area contributed by atoms with Gasteiger partial charge in [0.15, 0.2) is 6.10 Å². The number of carbonyl (C=O) groups excluding carboxylic acids is 4. The fourth-order valence-electron chi connectivity index (χ4n) is 3.77. The van der Waals surface area contributed by atoms with E-state index in [4.69, 9.17) is 4.74 Å². The zero-order chi connectivity index (χ0) is 26.3. The third-order valence-corrected chi connectivity index (χ3v) is 6.13. The first-order valence-electron chi connectivity index (χ1n) is 12.2. The van der Waals surface area contributed by atoms with Crippen molar-refractivity contribution in [1.29, 1.82) is 0 Å². The Balaban J connectivity index is 1.47. The predicted molar refractivity (Wildman–Crippen MR) is 139 cm³/mol. The van der Waals surface area contributed by atoms with Crippen molar-refractivity contribution in [2.75, 3.05) is 18.4 Å². The van der Waals surface area contributed by atoms with Gasteiger partial charge in [-0.25, -0.2) is 0 Å². The number of anilines is 1. The normalized spacial score (nSPS) is 15.4. The number of hydrogen-bond donors (Lipinski definition) is 1. The smallest absolute Gasteiger partial charge is 0.309 e. The van der Waals surface area contributed by atoms with E-state index < -0.39 is 17.5 Å². The third-order valence-electron chi connectivity index (χ3n) is 6.13. The van der Waals surface area contributed by atoms with Crippen LogP contribution in [0.15, 0.2) is 60.7 Å². The lowest BCUT2D eigenvalue weighted by Gasteiger charge is -2.30. The van der Waals surface area contributed by atoms with Crippen LogP contribution in [-0.4, -0.2) is 47.7 Å². The Morgan fingerprint density at radius 2 is 1.58 bits per heavy atom. The van der Waals surface area contributed by atoms with Crippen LogP contribution in [0.3, 0.4) is 0 Å². The van der Waals surface area contributed by atoms with Gasteiger partial charge in [-0.2, -0.15) is 0 Å². The van der Waals surface area contributed by atoms with Crippen LogP contribution in [0.4, 0.5) is 5.69 Å². The molecule has 0 saturated carbocycles. The molecule has 2 amide bonds. The number of nitrogens with zero attached hydrogens (tertiary/aromatic N) is 1. The summed E-state index contributed by atoms with van der Waals surface area (Å²) in [5.74, 6) is -1.29. The molecule has 2 aromatic rings. The average Bonchev–Trinajstić information content (AvgIpc) is 2.87. The highest BCUT2D eigenvalue weighted by molar-refractivity contribution is 6.01. The van der Waals surface area contributed by atoms with Gasteiger partial charge in [0.2, 0.25) is 17.6 Å². The van der Waals surface area contributed by atoms with Crippen LogP contribution in [-0.2, 0) is 19.1 Å². The Morgan fingerprint density at radius 1 is 0.972 bits per heavy atom. The second-order valence-electron chi connectivity index (χ2n) is 10.1. The number of hydrogen-bond acceptors (Lipinski definition) is 5. The molecule has 0 aromatic heterocycles. The van der Waals surface area contributed by atoms with Crippen LogP contribution in [0.1, 0.15) is 56.5 Å². The SMILES string of the molecule is CC(OC(=O)C1CCN(C(=O)/C=C/c2ccccc2)CC1)C(=O)c1ccc(NC(=O)C(C)(C)C)cc1. The van der Waals surface area contributed by atoms with Crippen molar-refractivity contribution in [3.05, 3.63) is 71.8 Å². The molecule has 1 fully saturated rings. The Morgan fingerprint density at radius 3 is 2.17 bits per heavy atom. The highest BCUT2D eigenvalue weighted by atomic mass is 16.5. The Hall–Kier alpha value is -3.74. The maximum Gasteiger partial charge on any atom is 0.309 e. The number of esters is 1. The van der Waals surface area contributed by atoms with Crippen LogP contribution < -0.4 is 5.32 Å². The van der Waals surface area contributed by atoms with Crippen molar-refractivity contribution >= 4 is 35.3 Å². The summed E-state index contributed by atoms with van der Waals surface area (Å²) < 4.78 is 5.47. The zero-order valence-corrected chi connectivity index (χ0v) is 21.3. The summed E-state index contributed by atoms with van der Waals surface area (Å²) in [6.07, 6.45) is 3.39. The van der Waals surface area contributed by atoms with Crippen molar-refractivity contribution in [3.63, 3.8) is 0 Å². The summed E-state index contributed by atoms with van der Waals surface area (Å²) in [6, 6.07) is 16.1. The first-order chi connectivity index (χ1) is 17.0. The van der Waals surface area contributed by atoms with Crippen LogP contribution in [0.5, 0.6) is 0 Å². The van der Waals surface area contributed by atoms with E-state index >= 15 is 0 Å². The standard InChI is InChI=1S/C29H34N2O5/c1-20(26(33)22-11-13-24(14-12-22)30-28(35)29(2,3)4)36-27(34)23-16-18-31(19-17-23)25(32)15-10-21-8-6-5-7-9-21/h5-15,20,23H,16-19H2,1-4H3,(H,30,35)/b15-10+. The molecule has 1 aliphatic rings. The molecule has 0 spiro atoms. The van der Waals surface area contributed by atoms with Crippen LogP contribution in [0.2, 0.25) is 0 Å². The number of amides is 2. The van der Waals surface area contributed by atoms with Gasteiger partial charge in [0.25, 0.3) is 0 Å². The summed E-state index contributed by atoms with van der Waals surface area (Å²) in [5, 5.41) is 2.81. The first-order valence-corrected chi connectivity index (χ1v) is 12.2. The van der Waals surface area contributed by atoms with Gasteiger partial charge in [0.05, 0.1) is 5.92 Å². The van der Waals surface area contributed by atoms with Crippen molar-refractivity contribution in [3.8, 4) is 0 Å². The number of nitrogens with one attached hydrogen (secondary N) is 1. The minimum absolute atomic E-state index is 0.0867. The van der Waals surface area contributed by atoms with Crippen LogP contribution in [0, 0.1) is 11.3 Å². The first kappa shape index (κ1) is 26.9. The van der Waals surface area contributed by atoms with Gasteiger partial charge in [-0.15, -0.1) is 0 Å². The lowest BCUT2D eigenvalue weighted by Crippen LogP contribution is -2.40. The second kappa shape index (κ2) is 11.8. The molecule has 0 aliphatic carbocycles. The molecule has 1 aliphatic heterocycles. The molecule has 1 unspecified atom stereocenters. The summed E-state index contributed by atoms with van der Waals surface area (Å²) >= 11 is 0. The molecule has 0 radical (unpaired) electrons. The van der Waals surface area contributed by atoms with Crippen molar-refractivity contribution in [2.45, 2.75) is 46.6 Å². The monoisotopic (exact) mass is 490 g/mol.